The van der Waals surface area contributed by atoms with Gasteiger partial charge in [0, 0.05) is 12.1 Å². The molecule has 0 aromatic heterocycles. The van der Waals surface area contributed by atoms with Crippen molar-refractivity contribution < 1.29 is 23.8 Å². The number of nitrogens with zero attached hydrogens (tertiary/aromatic N) is 1. The predicted molar refractivity (Wildman–Crippen MR) is 151 cm³/mol. The molecule has 0 radical (unpaired) electrons. The maximum absolute atomic E-state index is 11.6. The molecule has 0 spiro atoms. The van der Waals surface area contributed by atoms with Gasteiger partial charge in [0.2, 0.25) is 0 Å². The Kier molecular flexibility index (Phi) is 7.98. The van der Waals surface area contributed by atoms with Crippen molar-refractivity contribution in [1.29, 1.82) is 0 Å². The van der Waals surface area contributed by atoms with Crippen LogP contribution >= 0.6 is 0 Å². The van der Waals surface area contributed by atoms with Crippen LogP contribution in [0.1, 0.15) is 69.3 Å². The second-order valence-corrected chi connectivity index (χ2v) is 9.92. The van der Waals surface area contributed by atoms with Crippen molar-refractivity contribution in [1.82, 2.24) is 5.48 Å². The van der Waals surface area contributed by atoms with Crippen molar-refractivity contribution in [2.45, 2.75) is 43.7 Å². The summed E-state index contributed by atoms with van der Waals surface area (Å²) in [7, 11) is 4.71. The number of aliphatic imine (C=N–C) groups is 1. The van der Waals surface area contributed by atoms with Crippen molar-refractivity contribution in [3.8, 4) is 11.5 Å². The van der Waals surface area contributed by atoms with Gasteiger partial charge < -0.3 is 14.2 Å². The van der Waals surface area contributed by atoms with E-state index in [2.05, 4.69) is 42.4 Å². The molecule has 39 heavy (non-hydrogen) atoms. The molecule has 7 heteroatoms. The minimum atomic E-state index is -0.360. The summed E-state index contributed by atoms with van der Waals surface area (Å²) in [5, 5.41) is 0. The molecule has 2 aliphatic rings. The molecule has 1 fully saturated rings. The number of hydrogen-bond acceptors (Lipinski definition) is 7. The van der Waals surface area contributed by atoms with Gasteiger partial charge in [-0.2, -0.15) is 0 Å². The van der Waals surface area contributed by atoms with Crippen LogP contribution in [0.3, 0.4) is 0 Å². The van der Waals surface area contributed by atoms with Crippen molar-refractivity contribution in [3.05, 3.63) is 101 Å². The van der Waals surface area contributed by atoms with E-state index in [0.29, 0.717) is 29.7 Å². The van der Waals surface area contributed by atoms with E-state index in [1.807, 2.05) is 24.4 Å². The highest BCUT2D eigenvalue weighted by molar-refractivity contribution is 5.89. The largest absolute Gasteiger partial charge is 0.493 e. The van der Waals surface area contributed by atoms with E-state index in [9.17, 15) is 4.79 Å². The standard InChI is InChI=1S/C32H34N2O5/c1-20(34-39-19-21-8-10-24(11-9-21)32(35)38-4)22-12-14-23(15-13-22)26-6-5-7-28-31(26)27-17-30(37-3)29(36-2)16-25(27)18-33-28/h8-18,26,28,31,34H,1,5-7,19H2,2-4H3/t26?,28-,31-/m1/s1. The molecule has 3 aromatic rings. The summed E-state index contributed by atoms with van der Waals surface area (Å²) in [6, 6.07) is 20.1. The monoisotopic (exact) mass is 526 g/mol. The van der Waals surface area contributed by atoms with Gasteiger partial charge in [0.25, 0.3) is 0 Å². The fourth-order valence-electron chi connectivity index (χ4n) is 5.68. The summed E-state index contributed by atoms with van der Waals surface area (Å²) in [6.07, 6.45) is 5.34. The van der Waals surface area contributed by atoms with E-state index in [1.54, 1.807) is 26.4 Å². The van der Waals surface area contributed by atoms with Crippen LogP contribution in [0.15, 0.2) is 72.2 Å². The number of nitrogens with one attached hydrogen (secondary N) is 1. The van der Waals surface area contributed by atoms with Gasteiger partial charge in [-0.05, 0) is 70.8 Å². The van der Waals surface area contributed by atoms with E-state index in [1.165, 1.54) is 18.2 Å². The lowest BCUT2D eigenvalue weighted by Crippen LogP contribution is -2.31. The number of carbonyl (C=O) groups excluding carboxylic acids is 1. The number of benzene rings is 3. The number of methoxy groups -OCH3 is 3. The zero-order valence-corrected chi connectivity index (χ0v) is 22.6. The summed E-state index contributed by atoms with van der Waals surface area (Å²) in [4.78, 5) is 22.2. The number of ether oxygens (including phenoxy) is 3. The third-order valence-corrected chi connectivity index (χ3v) is 7.71. The Bertz CT molecular complexity index is 1360. The molecule has 1 N–H and O–H groups in total. The summed E-state index contributed by atoms with van der Waals surface area (Å²) < 4.78 is 15.9. The summed E-state index contributed by atoms with van der Waals surface area (Å²) in [5.41, 5.74) is 9.69. The van der Waals surface area contributed by atoms with Gasteiger partial charge in [0.1, 0.15) is 0 Å². The zero-order valence-electron chi connectivity index (χ0n) is 22.6. The lowest BCUT2D eigenvalue weighted by Gasteiger charge is -2.40. The molecule has 7 nitrogen and oxygen atoms in total. The first-order chi connectivity index (χ1) is 19.0. The SMILES string of the molecule is C=C(NOCc1ccc(C(=O)OC)cc1)c1ccc(C2CCC[C@H]3N=Cc4cc(OC)c(OC)cc4[C@@H]23)cc1. The molecule has 0 amide bonds. The lowest BCUT2D eigenvalue weighted by molar-refractivity contribution is 0.0598. The first-order valence-corrected chi connectivity index (χ1v) is 13.2. The van der Waals surface area contributed by atoms with Crippen LogP contribution < -0.4 is 15.0 Å². The van der Waals surface area contributed by atoms with Crippen LogP contribution in [0, 0.1) is 0 Å². The number of carbonyl (C=O) groups is 1. The molecule has 0 bridgehead atoms. The topological polar surface area (TPSA) is 78.4 Å². The van der Waals surface area contributed by atoms with E-state index in [-0.39, 0.29) is 12.0 Å². The molecule has 1 saturated carbocycles. The smallest absolute Gasteiger partial charge is 0.337 e. The van der Waals surface area contributed by atoms with Gasteiger partial charge in [-0.25, -0.2) is 4.79 Å². The van der Waals surface area contributed by atoms with Gasteiger partial charge in [-0.3, -0.25) is 15.3 Å². The van der Waals surface area contributed by atoms with Crippen LogP contribution in [-0.2, 0) is 16.2 Å². The number of hydrogen-bond donors (Lipinski definition) is 1. The van der Waals surface area contributed by atoms with Gasteiger partial charge in [0.05, 0.1) is 45.2 Å². The van der Waals surface area contributed by atoms with Crippen molar-refractivity contribution >= 4 is 17.9 Å². The van der Waals surface area contributed by atoms with Gasteiger partial charge >= 0.3 is 5.97 Å². The van der Waals surface area contributed by atoms with E-state index >= 15 is 0 Å². The maximum Gasteiger partial charge on any atom is 0.337 e. The molecule has 202 valence electrons. The Balaban J connectivity index is 1.26. The highest BCUT2D eigenvalue weighted by atomic mass is 16.6. The van der Waals surface area contributed by atoms with Gasteiger partial charge in [0.15, 0.2) is 11.5 Å². The van der Waals surface area contributed by atoms with E-state index in [4.69, 9.17) is 24.0 Å². The Morgan fingerprint density at radius 2 is 1.64 bits per heavy atom. The van der Waals surface area contributed by atoms with Crippen molar-refractivity contribution in [3.63, 3.8) is 0 Å². The fraction of sp³-hybridized carbons (Fsp3) is 0.312. The van der Waals surface area contributed by atoms with Gasteiger partial charge in [-0.1, -0.05) is 49.4 Å². The number of fused-ring (bicyclic) bond motifs is 3. The summed E-state index contributed by atoms with van der Waals surface area (Å²) in [6.45, 7) is 4.47. The zero-order chi connectivity index (χ0) is 27.4. The molecule has 5 rings (SSSR count). The number of esters is 1. The molecule has 0 saturated heterocycles. The summed E-state index contributed by atoms with van der Waals surface area (Å²) in [5.74, 6) is 1.77. The molecule has 1 heterocycles. The Hall–Kier alpha value is -4.10. The highest BCUT2D eigenvalue weighted by Crippen LogP contribution is 2.49. The van der Waals surface area contributed by atoms with Crippen LogP contribution in [0.25, 0.3) is 5.70 Å². The highest BCUT2D eigenvalue weighted by Gasteiger charge is 2.38. The molecule has 3 atom stereocenters. The van der Waals surface area contributed by atoms with E-state index in [0.717, 1.165) is 47.5 Å². The number of rotatable bonds is 9. The van der Waals surface area contributed by atoms with Gasteiger partial charge in [-0.15, -0.1) is 0 Å². The van der Waals surface area contributed by atoms with Crippen molar-refractivity contribution in [2.75, 3.05) is 21.3 Å². The average molecular weight is 527 g/mol. The molecular weight excluding hydrogens is 492 g/mol. The minimum absolute atomic E-state index is 0.265. The Morgan fingerprint density at radius 3 is 2.33 bits per heavy atom. The van der Waals surface area contributed by atoms with Crippen LogP contribution in [0.2, 0.25) is 0 Å². The molecule has 1 aliphatic heterocycles. The van der Waals surface area contributed by atoms with E-state index < -0.39 is 0 Å². The second-order valence-electron chi connectivity index (χ2n) is 9.92. The van der Waals surface area contributed by atoms with Crippen LogP contribution in [-0.4, -0.2) is 39.6 Å². The predicted octanol–water partition coefficient (Wildman–Crippen LogP) is 6.03. The Morgan fingerprint density at radius 1 is 0.949 bits per heavy atom. The lowest BCUT2D eigenvalue weighted by atomic mass is 9.68. The molecule has 1 aliphatic carbocycles. The number of hydroxylamine groups is 1. The minimum Gasteiger partial charge on any atom is -0.493 e. The molecule has 3 aromatic carbocycles. The average Bonchev–Trinajstić information content (AvgIpc) is 2.99. The second kappa shape index (κ2) is 11.7. The first-order valence-electron chi connectivity index (χ1n) is 13.2. The van der Waals surface area contributed by atoms with Crippen LogP contribution in [0.5, 0.6) is 11.5 Å². The Labute approximate surface area is 229 Å². The normalized spacial score (nSPS) is 19.4. The summed E-state index contributed by atoms with van der Waals surface area (Å²) >= 11 is 0. The maximum atomic E-state index is 11.6. The third kappa shape index (κ3) is 5.54. The van der Waals surface area contributed by atoms with Crippen molar-refractivity contribution in [2.24, 2.45) is 4.99 Å². The fourth-order valence-corrected chi connectivity index (χ4v) is 5.68. The quantitative estimate of drug-likeness (QED) is 0.271. The molecular formula is C32H34N2O5. The molecule has 1 unspecified atom stereocenters. The third-order valence-electron chi connectivity index (χ3n) is 7.71. The van der Waals surface area contributed by atoms with Crippen LogP contribution in [0.4, 0.5) is 0 Å². The first kappa shape index (κ1) is 26.5.